The SMILES string of the molecule is C[C@H]1CC2(CCN(c3nc(N)c(-c4ccc(N(C)C)cc4)c(=O)n3C)CC2)CO1. The molecule has 2 fully saturated rings. The van der Waals surface area contributed by atoms with Gasteiger partial charge in [0.05, 0.1) is 18.3 Å². The molecule has 2 aliphatic rings. The van der Waals surface area contributed by atoms with Crippen LogP contribution in [0.25, 0.3) is 11.1 Å². The molecule has 4 rings (SSSR count). The standard InChI is InChI=1S/C22H31N5O2/c1-15-13-22(14-29-15)9-11-27(12-10-22)21-24-19(23)18(20(28)26(21)4)16-5-7-17(8-6-16)25(2)3/h5-8,15H,9-14,23H2,1-4H3/t15-/m0/s1. The van der Waals surface area contributed by atoms with Crippen molar-refractivity contribution in [1.82, 2.24) is 9.55 Å². The second-order valence-corrected chi connectivity index (χ2v) is 8.79. The van der Waals surface area contributed by atoms with E-state index in [1.807, 2.05) is 43.3 Å². The van der Waals surface area contributed by atoms with E-state index in [1.165, 1.54) is 0 Å². The van der Waals surface area contributed by atoms with Gasteiger partial charge in [-0.05, 0) is 49.3 Å². The molecule has 0 radical (unpaired) electrons. The van der Waals surface area contributed by atoms with Crippen LogP contribution in [-0.2, 0) is 11.8 Å². The number of hydrogen-bond donors (Lipinski definition) is 1. The van der Waals surface area contributed by atoms with Crippen LogP contribution < -0.4 is 21.1 Å². The quantitative estimate of drug-likeness (QED) is 0.858. The average Bonchev–Trinajstić information content (AvgIpc) is 3.06. The Bertz CT molecular complexity index is 943. The highest BCUT2D eigenvalue weighted by atomic mass is 16.5. The van der Waals surface area contributed by atoms with Crippen molar-refractivity contribution in [1.29, 1.82) is 0 Å². The maximum absolute atomic E-state index is 13.2. The summed E-state index contributed by atoms with van der Waals surface area (Å²) in [7, 11) is 5.76. The summed E-state index contributed by atoms with van der Waals surface area (Å²) in [5.74, 6) is 0.946. The van der Waals surface area contributed by atoms with Crippen LogP contribution in [0.4, 0.5) is 17.5 Å². The molecule has 2 aromatic rings. The molecule has 7 heteroatoms. The summed E-state index contributed by atoms with van der Waals surface area (Å²) in [5, 5.41) is 0. The summed E-state index contributed by atoms with van der Waals surface area (Å²) in [6.07, 6.45) is 3.58. The minimum Gasteiger partial charge on any atom is -0.383 e. The number of rotatable bonds is 3. The Hall–Kier alpha value is -2.54. The molecule has 2 N–H and O–H groups in total. The molecule has 1 atom stereocenters. The van der Waals surface area contributed by atoms with Crippen LogP contribution in [-0.4, -0.2) is 49.4 Å². The van der Waals surface area contributed by atoms with Crippen LogP contribution in [0.5, 0.6) is 0 Å². The first kappa shape index (κ1) is 19.8. The Morgan fingerprint density at radius 3 is 2.41 bits per heavy atom. The Morgan fingerprint density at radius 2 is 1.86 bits per heavy atom. The van der Waals surface area contributed by atoms with Gasteiger partial charge in [0, 0.05) is 39.9 Å². The zero-order chi connectivity index (χ0) is 20.8. The summed E-state index contributed by atoms with van der Waals surface area (Å²) in [6, 6.07) is 7.82. The number of ether oxygens (including phenoxy) is 1. The van der Waals surface area contributed by atoms with E-state index in [2.05, 4.69) is 16.8 Å². The summed E-state index contributed by atoms with van der Waals surface area (Å²) < 4.78 is 7.46. The molecular weight excluding hydrogens is 366 g/mol. The first-order valence-corrected chi connectivity index (χ1v) is 10.3. The third-order valence-electron chi connectivity index (χ3n) is 6.47. The number of benzene rings is 1. The van der Waals surface area contributed by atoms with Gasteiger partial charge in [-0.2, -0.15) is 4.98 Å². The zero-order valence-electron chi connectivity index (χ0n) is 17.8. The van der Waals surface area contributed by atoms with E-state index in [0.717, 1.165) is 50.2 Å². The molecule has 0 saturated carbocycles. The summed E-state index contributed by atoms with van der Waals surface area (Å²) >= 11 is 0. The molecule has 7 nitrogen and oxygen atoms in total. The van der Waals surface area contributed by atoms with Gasteiger partial charge in [-0.25, -0.2) is 0 Å². The van der Waals surface area contributed by atoms with Gasteiger partial charge in [0.15, 0.2) is 0 Å². The number of nitrogens with two attached hydrogens (primary N) is 1. The molecule has 156 valence electrons. The molecule has 1 aromatic carbocycles. The van der Waals surface area contributed by atoms with Crippen molar-refractivity contribution in [2.75, 3.05) is 49.3 Å². The van der Waals surface area contributed by atoms with E-state index in [1.54, 1.807) is 11.6 Å². The van der Waals surface area contributed by atoms with Gasteiger partial charge in [0.25, 0.3) is 5.56 Å². The van der Waals surface area contributed by atoms with Gasteiger partial charge in [-0.1, -0.05) is 12.1 Å². The van der Waals surface area contributed by atoms with Crippen molar-refractivity contribution in [3.63, 3.8) is 0 Å². The third kappa shape index (κ3) is 3.59. The van der Waals surface area contributed by atoms with E-state index in [9.17, 15) is 4.79 Å². The zero-order valence-corrected chi connectivity index (χ0v) is 17.8. The summed E-state index contributed by atoms with van der Waals surface area (Å²) in [5.41, 5.74) is 8.79. The van der Waals surface area contributed by atoms with Gasteiger partial charge >= 0.3 is 0 Å². The monoisotopic (exact) mass is 397 g/mol. The Kier molecular flexibility index (Phi) is 5.02. The van der Waals surface area contributed by atoms with Gasteiger partial charge < -0.3 is 20.3 Å². The molecule has 0 bridgehead atoms. The highest BCUT2D eigenvalue weighted by Gasteiger charge is 2.41. The second-order valence-electron chi connectivity index (χ2n) is 8.79. The maximum Gasteiger partial charge on any atom is 0.264 e. The smallest absolute Gasteiger partial charge is 0.264 e. The molecule has 0 amide bonds. The molecule has 29 heavy (non-hydrogen) atoms. The van der Waals surface area contributed by atoms with Crippen molar-refractivity contribution < 1.29 is 4.74 Å². The average molecular weight is 398 g/mol. The van der Waals surface area contributed by atoms with E-state index in [4.69, 9.17) is 10.5 Å². The van der Waals surface area contributed by atoms with Gasteiger partial charge in [0.1, 0.15) is 5.82 Å². The van der Waals surface area contributed by atoms with Crippen molar-refractivity contribution in [2.24, 2.45) is 12.5 Å². The van der Waals surface area contributed by atoms with Crippen LogP contribution in [0, 0.1) is 5.41 Å². The van der Waals surface area contributed by atoms with Gasteiger partial charge in [0.2, 0.25) is 5.95 Å². The molecule has 3 heterocycles. The molecule has 1 spiro atoms. The highest BCUT2D eigenvalue weighted by Crippen LogP contribution is 2.42. The fraction of sp³-hybridized carbons (Fsp3) is 0.545. The second kappa shape index (κ2) is 7.37. The number of nitrogens with zero attached hydrogens (tertiary/aromatic N) is 4. The van der Waals surface area contributed by atoms with Crippen LogP contribution in [0.15, 0.2) is 29.1 Å². The fourth-order valence-electron chi connectivity index (χ4n) is 4.66. The minimum absolute atomic E-state index is 0.108. The number of piperidine rings is 1. The lowest BCUT2D eigenvalue weighted by Gasteiger charge is -2.39. The molecule has 2 saturated heterocycles. The first-order valence-electron chi connectivity index (χ1n) is 10.3. The van der Waals surface area contributed by atoms with Crippen LogP contribution in [0.2, 0.25) is 0 Å². The van der Waals surface area contributed by atoms with Crippen LogP contribution in [0.3, 0.4) is 0 Å². The Morgan fingerprint density at radius 1 is 1.21 bits per heavy atom. The predicted molar refractivity (Wildman–Crippen MR) is 118 cm³/mol. The Balaban J connectivity index is 1.60. The van der Waals surface area contributed by atoms with Gasteiger partial charge in [-0.15, -0.1) is 0 Å². The molecule has 0 aliphatic carbocycles. The largest absolute Gasteiger partial charge is 0.383 e. The van der Waals surface area contributed by atoms with E-state index < -0.39 is 0 Å². The molecule has 0 unspecified atom stereocenters. The third-order valence-corrected chi connectivity index (χ3v) is 6.47. The van der Waals surface area contributed by atoms with Crippen molar-refractivity contribution >= 4 is 17.5 Å². The topological polar surface area (TPSA) is 76.6 Å². The van der Waals surface area contributed by atoms with Crippen LogP contribution >= 0.6 is 0 Å². The van der Waals surface area contributed by atoms with E-state index >= 15 is 0 Å². The predicted octanol–water partition coefficient (Wildman–Crippen LogP) is 2.49. The lowest BCUT2D eigenvalue weighted by atomic mass is 9.77. The van der Waals surface area contributed by atoms with Crippen LogP contribution in [0.1, 0.15) is 26.2 Å². The minimum atomic E-state index is -0.108. The molecule has 1 aromatic heterocycles. The maximum atomic E-state index is 13.2. The number of hydrogen-bond acceptors (Lipinski definition) is 6. The summed E-state index contributed by atoms with van der Waals surface area (Å²) in [6.45, 7) is 4.73. The lowest BCUT2D eigenvalue weighted by Crippen LogP contribution is -2.43. The fourth-order valence-corrected chi connectivity index (χ4v) is 4.66. The van der Waals surface area contributed by atoms with Crippen molar-refractivity contribution in [3.8, 4) is 11.1 Å². The highest BCUT2D eigenvalue weighted by molar-refractivity contribution is 5.75. The number of nitrogen functional groups attached to an aromatic ring is 1. The van der Waals surface area contributed by atoms with E-state index in [0.29, 0.717) is 23.4 Å². The number of anilines is 3. The first-order chi connectivity index (χ1) is 13.8. The van der Waals surface area contributed by atoms with Crippen molar-refractivity contribution in [3.05, 3.63) is 34.6 Å². The molecular formula is C22H31N5O2. The number of aromatic nitrogens is 2. The normalized spacial score (nSPS) is 21.0. The molecule has 2 aliphatic heterocycles. The van der Waals surface area contributed by atoms with E-state index in [-0.39, 0.29) is 11.0 Å². The van der Waals surface area contributed by atoms with Crippen molar-refractivity contribution in [2.45, 2.75) is 32.3 Å². The van der Waals surface area contributed by atoms with Gasteiger partial charge in [-0.3, -0.25) is 9.36 Å². The summed E-state index contributed by atoms with van der Waals surface area (Å²) in [4.78, 5) is 22.0. The lowest BCUT2D eigenvalue weighted by molar-refractivity contribution is 0.0974. The Labute approximate surface area is 172 Å².